The fourth-order valence-electron chi connectivity index (χ4n) is 3.74. The van der Waals surface area contributed by atoms with Gasteiger partial charge in [0.1, 0.15) is 0 Å². The molecule has 1 atom stereocenters. The molecule has 0 spiro atoms. The second kappa shape index (κ2) is 9.79. The van der Waals surface area contributed by atoms with Crippen LogP contribution in [-0.4, -0.2) is 30.2 Å². The lowest BCUT2D eigenvalue weighted by Crippen LogP contribution is -2.39. The molecular formula is C25H21ClN2O5S. The normalized spacial score (nSPS) is 15.5. The molecule has 174 valence electrons. The molecule has 2 aromatic carbocycles. The van der Waals surface area contributed by atoms with E-state index in [0.29, 0.717) is 31.2 Å². The highest BCUT2D eigenvalue weighted by molar-refractivity contribution is 7.07. The Labute approximate surface area is 204 Å². The van der Waals surface area contributed by atoms with Crippen molar-refractivity contribution in [3.63, 3.8) is 0 Å². The van der Waals surface area contributed by atoms with Crippen LogP contribution in [0.4, 0.5) is 0 Å². The Morgan fingerprint density at radius 3 is 2.41 bits per heavy atom. The number of halogens is 1. The Morgan fingerprint density at radius 2 is 1.79 bits per heavy atom. The zero-order valence-corrected chi connectivity index (χ0v) is 20.3. The van der Waals surface area contributed by atoms with Gasteiger partial charge in [0.05, 0.1) is 41.1 Å². The van der Waals surface area contributed by atoms with Crippen molar-refractivity contribution in [3.8, 4) is 0 Å². The Bertz CT molecular complexity index is 1470. The second-order valence-electron chi connectivity index (χ2n) is 7.47. The van der Waals surface area contributed by atoms with Gasteiger partial charge in [-0.2, -0.15) is 0 Å². The average Bonchev–Trinajstić information content (AvgIpc) is 3.13. The Kier molecular flexibility index (Phi) is 6.81. The van der Waals surface area contributed by atoms with Crippen LogP contribution in [0, 0.1) is 0 Å². The summed E-state index contributed by atoms with van der Waals surface area (Å²) in [5.41, 5.74) is 2.40. The van der Waals surface area contributed by atoms with Gasteiger partial charge >= 0.3 is 11.9 Å². The van der Waals surface area contributed by atoms with E-state index in [0.717, 1.165) is 11.1 Å². The van der Waals surface area contributed by atoms with Crippen molar-refractivity contribution in [1.82, 2.24) is 4.57 Å². The van der Waals surface area contributed by atoms with Gasteiger partial charge in [-0.15, -0.1) is 0 Å². The van der Waals surface area contributed by atoms with Gasteiger partial charge in [-0.05, 0) is 55.3 Å². The first-order valence-electron chi connectivity index (χ1n) is 10.5. The lowest BCUT2D eigenvalue weighted by molar-refractivity contribution is -0.139. The minimum absolute atomic E-state index is 0.203. The maximum atomic E-state index is 13.5. The van der Waals surface area contributed by atoms with Crippen LogP contribution in [0.3, 0.4) is 0 Å². The van der Waals surface area contributed by atoms with Gasteiger partial charge in [-0.3, -0.25) is 9.36 Å². The van der Waals surface area contributed by atoms with Gasteiger partial charge in [0.15, 0.2) is 4.80 Å². The number of benzene rings is 2. The van der Waals surface area contributed by atoms with E-state index in [1.807, 2.05) is 0 Å². The average molecular weight is 497 g/mol. The first kappa shape index (κ1) is 23.7. The lowest BCUT2D eigenvalue weighted by atomic mass is 9.96. The molecule has 0 aliphatic carbocycles. The number of aromatic nitrogens is 1. The van der Waals surface area contributed by atoms with E-state index in [1.165, 1.54) is 23.0 Å². The van der Waals surface area contributed by atoms with Gasteiger partial charge in [-0.1, -0.05) is 47.2 Å². The minimum atomic E-state index is -0.698. The SMILES string of the molecule is CCOC(=O)C1=C(C)N=c2s/c(=C\c3ccc(C(=O)OC)cc3)c(=O)n2C1c1ccc(Cl)cc1. The van der Waals surface area contributed by atoms with E-state index in [2.05, 4.69) is 4.99 Å². The molecule has 0 saturated carbocycles. The van der Waals surface area contributed by atoms with Crippen molar-refractivity contribution in [1.29, 1.82) is 0 Å². The van der Waals surface area contributed by atoms with Crippen LogP contribution in [0.1, 0.15) is 41.4 Å². The summed E-state index contributed by atoms with van der Waals surface area (Å²) in [7, 11) is 1.32. The molecule has 1 aromatic heterocycles. The highest BCUT2D eigenvalue weighted by atomic mass is 35.5. The summed E-state index contributed by atoms with van der Waals surface area (Å²) < 4.78 is 12.0. The monoisotopic (exact) mass is 496 g/mol. The number of carbonyl (C=O) groups excluding carboxylic acids is 2. The number of rotatable bonds is 5. The number of esters is 2. The van der Waals surface area contributed by atoms with Crippen LogP contribution >= 0.6 is 22.9 Å². The van der Waals surface area contributed by atoms with Crippen LogP contribution in [0.25, 0.3) is 6.08 Å². The summed E-state index contributed by atoms with van der Waals surface area (Å²) in [6, 6.07) is 13.0. The van der Waals surface area contributed by atoms with Gasteiger partial charge in [0.2, 0.25) is 0 Å². The van der Waals surface area contributed by atoms with E-state index in [1.54, 1.807) is 68.5 Å². The summed E-state index contributed by atoms with van der Waals surface area (Å²) in [6.07, 6.45) is 1.73. The van der Waals surface area contributed by atoms with E-state index in [-0.39, 0.29) is 12.2 Å². The Morgan fingerprint density at radius 1 is 1.12 bits per heavy atom. The Balaban J connectivity index is 1.87. The zero-order chi connectivity index (χ0) is 24.4. The van der Waals surface area contributed by atoms with Gasteiger partial charge in [0, 0.05) is 5.02 Å². The van der Waals surface area contributed by atoms with Crippen LogP contribution < -0.4 is 14.9 Å². The molecule has 1 unspecified atom stereocenters. The zero-order valence-electron chi connectivity index (χ0n) is 18.7. The van der Waals surface area contributed by atoms with Gasteiger partial charge in [0.25, 0.3) is 5.56 Å². The van der Waals surface area contributed by atoms with E-state index < -0.39 is 18.0 Å². The number of allylic oxidation sites excluding steroid dienone is 1. The van der Waals surface area contributed by atoms with Crippen molar-refractivity contribution in [2.75, 3.05) is 13.7 Å². The van der Waals surface area contributed by atoms with Crippen molar-refractivity contribution in [3.05, 3.63) is 101 Å². The molecule has 0 bridgehead atoms. The van der Waals surface area contributed by atoms with E-state index >= 15 is 0 Å². The number of hydrogen-bond donors (Lipinski definition) is 0. The minimum Gasteiger partial charge on any atom is -0.465 e. The van der Waals surface area contributed by atoms with Crippen molar-refractivity contribution in [2.45, 2.75) is 19.9 Å². The molecule has 0 radical (unpaired) electrons. The fraction of sp³-hybridized carbons (Fsp3) is 0.200. The highest BCUT2D eigenvalue weighted by Gasteiger charge is 2.33. The number of hydrogen-bond acceptors (Lipinski definition) is 7. The molecule has 0 saturated heterocycles. The molecule has 1 aliphatic rings. The quantitative estimate of drug-likeness (QED) is 0.506. The number of nitrogens with zero attached hydrogens (tertiary/aromatic N) is 2. The summed E-state index contributed by atoms with van der Waals surface area (Å²) in [5.74, 6) is -0.952. The molecule has 2 heterocycles. The summed E-state index contributed by atoms with van der Waals surface area (Å²) in [5, 5.41) is 0.546. The van der Waals surface area contributed by atoms with E-state index in [4.69, 9.17) is 21.1 Å². The van der Waals surface area contributed by atoms with Crippen LogP contribution in [0.15, 0.2) is 69.6 Å². The lowest BCUT2D eigenvalue weighted by Gasteiger charge is -2.24. The number of methoxy groups -OCH3 is 1. The number of carbonyl (C=O) groups is 2. The molecular weight excluding hydrogens is 476 g/mol. The number of ether oxygens (including phenoxy) is 2. The van der Waals surface area contributed by atoms with Crippen LogP contribution in [0.5, 0.6) is 0 Å². The van der Waals surface area contributed by atoms with Crippen LogP contribution in [0.2, 0.25) is 5.02 Å². The van der Waals surface area contributed by atoms with E-state index in [9.17, 15) is 14.4 Å². The third kappa shape index (κ3) is 4.47. The predicted octanol–water partition coefficient (Wildman–Crippen LogP) is 3.24. The third-order valence-corrected chi connectivity index (χ3v) is 6.57. The first-order chi connectivity index (χ1) is 16.3. The Hall–Kier alpha value is -3.49. The fourth-order valence-corrected chi connectivity index (χ4v) is 4.91. The number of thiazole rings is 1. The third-order valence-electron chi connectivity index (χ3n) is 5.33. The topological polar surface area (TPSA) is 87.0 Å². The standard InChI is InChI=1S/C25H21ClN2O5S/c1-4-33-24(31)20-14(2)27-25-28(21(20)16-9-11-18(26)12-10-16)22(29)19(34-25)13-15-5-7-17(8-6-15)23(30)32-3/h5-13,21H,4H2,1-3H3/b19-13-. The number of fused-ring (bicyclic) bond motifs is 1. The van der Waals surface area contributed by atoms with Crippen LogP contribution in [-0.2, 0) is 14.3 Å². The largest absolute Gasteiger partial charge is 0.465 e. The highest BCUT2D eigenvalue weighted by Crippen LogP contribution is 2.31. The van der Waals surface area contributed by atoms with Crippen molar-refractivity contribution >= 4 is 41.0 Å². The first-order valence-corrected chi connectivity index (χ1v) is 11.7. The molecule has 9 heteroatoms. The molecule has 34 heavy (non-hydrogen) atoms. The molecule has 0 fully saturated rings. The molecule has 1 aliphatic heterocycles. The van der Waals surface area contributed by atoms with Crippen molar-refractivity contribution < 1.29 is 19.1 Å². The molecule has 4 rings (SSSR count). The predicted molar refractivity (Wildman–Crippen MR) is 130 cm³/mol. The molecule has 0 amide bonds. The van der Waals surface area contributed by atoms with Gasteiger partial charge in [-0.25, -0.2) is 14.6 Å². The summed E-state index contributed by atoms with van der Waals surface area (Å²) in [6.45, 7) is 3.67. The maximum Gasteiger partial charge on any atom is 0.338 e. The van der Waals surface area contributed by atoms with Crippen molar-refractivity contribution in [2.24, 2.45) is 4.99 Å². The molecule has 0 N–H and O–H groups in total. The molecule has 7 nitrogen and oxygen atoms in total. The molecule has 3 aromatic rings. The van der Waals surface area contributed by atoms with Gasteiger partial charge < -0.3 is 9.47 Å². The summed E-state index contributed by atoms with van der Waals surface area (Å²) >= 11 is 7.30. The summed E-state index contributed by atoms with van der Waals surface area (Å²) in [4.78, 5) is 43.1. The second-order valence-corrected chi connectivity index (χ2v) is 8.91. The maximum absolute atomic E-state index is 13.5. The smallest absolute Gasteiger partial charge is 0.338 e.